The highest BCUT2D eigenvalue weighted by Gasteiger charge is 2.34. The second-order valence-corrected chi connectivity index (χ2v) is 8.50. The molecule has 1 unspecified atom stereocenters. The van der Waals surface area contributed by atoms with Crippen LogP contribution in [-0.4, -0.2) is 28.7 Å². The molecule has 0 aliphatic carbocycles. The SMILES string of the molecule is CSc1cccc(NC(=O)N2CCc3c([nH]c4ccccc34)C2c2ccc(F)cc2)c1. The van der Waals surface area contributed by atoms with Crippen LogP contribution in [0.4, 0.5) is 14.9 Å². The standard InChI is InChI=1S/C25H22FN3OS/c1-31-19-6-4-5-18(15-19)27-25(30)29-14-13-21-20-7-2-3-8-22(20)28-23(21)24(29)16-9-11-17(26)12-10-16/h2-12,15,24,28H,13-14H2,1H3,(H,27,30). The topological polar surface area (TPSA) is 48.1 Å². The minimum atomic E-state index is -0.319. The molecule has 2 heterocycles. The van der Waals surface area contributed by atoms with E-state index in [0.717, 1.165) is 33.8 Å². The van der Waals surface area contributed by atoms with Crippen molar-refractivity contribution < 1.29 is 9.18 Å². The molecule has 1 atom stereocenters. The van der Waals surface area contributed by atoms with Crippen molar-refractivity contribution in [3.8, 4) is 0 Å². The molecule has 4 aromatic rings. The van der Waals surface area contributed by atoms with Gasteiger partial charge in [-0.1, -0.05) is 36.4 Å². The number of urea groups is 1. The Hall–Kier alpha value is -3.25. The third kappa shape index (κ3) is 3.68. The highest BCUT2D eigenvalue weighted by molar-refractivity contribution is 7.98. The predicted molar refractivity (Wildman–Crippen MR) is 124 cm³/mol. The summed E-state index contributed by atoms with van der Waals surface area (Å²) in [5.41, 5.74) is 4.90. The van der Waals surface area contributed by atoms with Gasteiger partial charge in [-0.05, 0) is 60.2 Å². The van der Waals surface area contributed by atoms with E-state index in [1.807, 2.05) is 53.6 Å². The van der Waals surface area contributed by atoms with Crippen molar-refractivity contribution in [1.29, 1.82) is 0 Å². The zero-order valence-corrected chi connectivity index (χ0v) is 17.9. The Balaban J connectivity index is 1.55. The fourth-order valence-electron chi connectivity index (χ4n) is 4.35. The third-order valence-corrected chi connectivity index (χ3v) is 6.53. The fourth-order valence-corrected chi connectivity index (χ4v) is 4.81. The van der Waals surface area contributed by atoms with E-state index in [2.05, 4.69) is 16.4 Å². The lowest BCUT2D eigenvalue weighted by Gasteiger charge is -2.36. The Kier molecular flexibility index (Phi) is 5.16. The van der Waals surface area contributed by atoms with E-state index in [-0.39, 0.29) is 17.9 Å². The number of benzene rings is 3. The van der Waals surface area contributed by atoms with E-state index in [0.29, 0.717) is 6.54 Å². The van der Waals surface area contributed by atoms with E-state index in [9.17, 15) is 9.18 Å². The number of hydrogen-bond acceptors (Lipinski definition) is 2. The Labute approximate surface area is 184 Å². The van der Waals surface area contributed by atoms with Gasteiger partial charge < -0.3 is 15.2 Å². The van der Waals surface area contributed by atoms with Crippen LogP contribution in [0.3, 0.4) is 0 Å². The van der Waals surface area contributed by atoms with Crippen molar-refractivity contribution in [3.63, 3.8) is 0 Å². The number of hydrogen-bond donors (Lipinski definition) is 2. The minimum Gasteiger partial charge on any atom is -0.356 e. The largest absolute Gasteiger partial charge is 0.356 e. The van der Waals surface area contributed by atoms with Crippen molar-refractivity contribution in [2.24, 2.45) is 0 Å². The number of nitrogens with one attached hydrogen (secondary N) is 2. The maximum atomic E-state index is 13.6. The van der Waals surface area contributed by atoms with E-state index in [4.69, 9.17) is 0 Å². The maximum absolute atomic E-state index is 13.6. The minimum absolute atomic E-state index is 0.170. The quantitative estimate of drug-likeness (QED) is 0.379. The highest BCUT2D eigenvalue weighted by Crippen LogP contribution is 2.38. The number of nitrogens with zero attached hydrogens (tertiary/aromatic N) is 1. The molecule has 0 fully saturated rings. The molecule has 0 saturated carbocycles. The van der Waals surface area contributed by atoms with Crippen LogP contribution in [0.1, 0.15) is 22.9 Å². The van der Waals surface area contributed by atoms with Crippen molar-refractivity contribution in [2.45, 2.75) is 17.4 Å². The summed E-state index contributed by atoms with van der Waals surface area (Å²) in [5, 5.41) is 4.23. The van der Waals surface area contributed by atoms with Gasteiger partial charge in [-0.3, -0.25) is 0 Å². The first kappa shape index (κ1) is 19.7. The molecule has 2 amide bonds. The fraction of sp³-hybridized carbons (Fsp3) is 0.160. The molecular formula is C25H22FN3OS. The summed E-state index contributed by atoms with van der Waals surface area (Å²) < 4.78 is 13.6. The van der Waals surface area contributed by atoms with E-state index in [1.165, 1.54) is 23.1 Å². The first-order valence-corrected chi connectivity index (χ1v) is 11.4. The molecule has 5 rings (SSSR count). The number of aromatic nitrogens is 1. The summed E-state index contributed by atoms with van der Waals surface area (Å²) in [6, 6.07) is 21.9. The van der Waals surface area contributed by atoms with Crippen LogP contribution in [0.15, 0.2) is 77.7 Å². The molecule has 1 aromatic heterocycles. The zero-order valence-electron chi connectivity index (χ0n) is 17.1. The average Bonchev–Trinajstić information content (AvgIpc) is 3.18. The molecule has 3 aromatic carbocycles. The number of aromatic amines is 1. The number of carbonyl (C=O) groups excluding carboxylic acids is 1. The van der Waals surface area contributed by atoms with Crippen LogP contribution in [0.2, 0.25) is 0 Å². The van der Waals surface area contributed by atoms with Gasteiger partial charge in [-0.25, -0.2) is 9.18 Å². The first-order chi connectivity index (χ1) is 15.1. The summed E-state index contributed by atoms with van der Waals surface area (Å²) >= 11 is 1.63. The lowest BCUT2D eigenvalue weighted by Crippen LogP contribution is -2.43. The molecule has 6 heteroatoms. The van der Waals surface area contributed by atoms with Crippen molar-refractivity contribution in [3.05, 3.63) is 95.4 Å². The van der Waals surface area contributed by atoms with Gasteiger partial charge in [0.2, 0.25) is 0 Å². The van der Waals surface area contributed by atoms with Crippen LogP contribution >= 0.6 is 11.8 Å². The van der Waals surface area contributed by atoms with Gasteiger partial charge >= 0.3 is 6.03 Å². The molecule has 1 aliphatic rings. The molecule has 0 radical (unpaired) electrons. The van der Waals surface area contributed by atoms with Crippen molar-refractivity contribution in [2.75, 3.05) is 18.1 Å². The van der Waals surface area contributed by atoms with E-state index >= 15 is 0 Å². The summed E-state index contributed by atoms with van der Waals surface area (Å²) in [4.78, 5) is 19.8. The first-order valence-electron chi connectivity index (χ1n) is 10.2. The number of para-hydroxylation sites is 1. The van der Waals surface area contributed by atoms with E-state index in [1.54, 1.807) is 23.9 Å². The number of fused-ring (bicyclic) bond motifs is 3. The molecular weight excluding hydrogens is 409 g/mol. The summed E-state index contributed by atoms with van der Waals surface area (Å²) in [7, 11) is 0. The monoisotopic (exact) mass is 431 g/mol. The molecule has 0 spiro atoms. The van der Waals surface area contributed by atoms with Gasteiger partial charge in [0.25, 0.3) is 0 Å². The summed E-state index contributed by atoms with van der Waals surface area (Å²) in [6.07, 6.45) is 2.77. The van der Waals surface area contributed by atoms with Gasteiger partial charge in [0.1, 0.15) is 5.82 Å². The van der Waals surface area contributed by atoms with Crippen LogP contribution < -0.4 is 5.32 Å². The second-order valence-electron chi connectivity index (χ2n) is 7.62. The molecule has 31 heavy (non-hydrogen) atoms. The number of amides is 2. The van der Waals surface area contributed by atoms with Gasteiger partial charge in [0.05, 0.1) is 6.04 Å². The van der Waals surface area contributed by atoms with E-state index < -0.39 is 0 Å². The second kappa shape index (κ2) is 8.12. The van der Waals surface area contributed by atoms with Gasteiger partial charge in [-0.15, -0.1) is 11.8 Å². The molecule has 156 valence electrons. The third-order valence-electron chi connectivity index (χ3n) is 5.80. The highest BCUT2D eigenvalue weighted by atomic mass is 32.2. The van der Waals surface area contributed by atoms with Gasteiger partial charge in [-0.2, -0.15) is 0 Å². The number of anilines is 1. The van der Waals surface area contributed by atoms with Crippen LogP contribution in [0, 0.1) is 5.82 Å². The number of H-pyrrole nitrogens is 1. The van der Waals surface area contributed by atoms with Gasteiger partial charge in [0, 0.05) is 33.7 Å². The Morgan fingerprint density at radius 3 is 2.71 bits per heavy atom. The number of thioether (sulfide) groups is 1. The van der Waals surface area contributed by atoms with Gasteiger partial charge in [0.15, 0.2) is 0 Å². The lowest BCUT2D eigenvalue weighted by atomic mass is 9.92. The smallest absolute Gasteiger partial charge is 0.322 e. The normalized spacial score (nSPS) is 15.7. The molecule has 1 aliphatic heterocycles. The lowest BCUT2D eigenvalue weighted by molar-refractivity contribution is 0.193. The Morgan fingerprint density at radius 1 is 1.10 bits per heavy atom. The maximum Gasteiger partial charge on any atom is 0.322 e. The Morgan fingerprint density at radius 2 is 1.90 bits per heavy atom. The predicted octanol–water partition coefficient (Wildman–Crippen LogP) is 6.21. The van der Waals surface area contributed by atoms with Crippen molar-refractivity contribution in [1.82, 2.24) is 9.88 Å². The molecule has 0 bridgehead atoms. The summed E-state index contributed by atoms with van der Waals surface area (Å²) in [6.45, 7) is 0.574. The average molecular weight is 432 g/mol. The zero-order chi connectivity index (χ0) is 21.4. The molecule has 4 nitrogen and oxygen atoms in total. The van der Waals surface area contributed by atoms with Crippen LogP contribution in [0.25, 0.3) is 10.9 Å². The number of rotatable bonds is 3. The summed E-state index contributed by atoms with van der Waals surface area (Å²) in [5.74, 6) is -0.290. The Bertz CT molecular complexity index is 1250. The van der Waals surface area contributed by atoms with Crippen LogP contribution in [0.5, 0.6) is 0 Å². The molecule has 0 saturated heterocycles. The van der Waals surface area contributed by atoms with Crippen LogP contribution in [-0.2, 0) is 6.42 Å². The molecule has 2 N–H and O–H groups in total. The number of halogens is 1. The number of carbonyl (C=O) groups is 1. The van der Waals surface area contributed by atoms with Crippen molar-refractivity contribution >= 4 is 34.4 Å².